The van der Waals surface area contributed by atoms with E-state index in [2.05, 4.69) is 63.7 Å². The first-order valence-corrected chi connectivity index (χ1v) is 44.3. The van der Waals surface area contributed by atoms with Crippen LogP contribution in [0.5, 0.6) is 5.75 Å². The first kappa shape index (κ1) is 102. The molecular weight excluding hydrogens is 1640 g/mol. The van der Waals surface area contributed by atoms with Crippen molar-refractivity contribution >= 4 is 122 Å². The minimum Gasteiger partial charge on any atom is -0.508 e. The third-order valence-corrected chi connectivity index (χ3v) is 23.5. The summed E-state index contributed by atoms with van der Waals surface area (Å²) in [5.74, 6) is -10.3. The molecule has 5 rings (SSSR count). The Balaban J connectivity index is 1.09. The molecule has 0 spiro atoms. The number of urea groups is 2. The zero-order valence-corrected chi connectivity index (χ0v) is 73.2. The predicted octanol–water partition coefficient (Wildman–Crippen LogP) is 6.93. The highest BCUT2D eigenvalue weighted by molar-refractivity contribution is 8.76. The van der Waals surface area contributed by atoms with Crippen molar-refractivity contribution in [1.82, 2.24) is 73.5 Å². The van der Waals surface area contributed by atoms with Crippen molar-refractivity contribution in [2.45, 2.75) is 238 Å². The van der Waals surface area contributed by atoms with Gasteiger partial charge in [0, 0.05) is 92.7 Å². The molecule has 0 radical (unpaired) electrons. The van der Waals surface area contributed by atoms with E-state index in [0.29, 0.717) is 73.1 Å². The molecule has 1 saturated heterocycles. The zero-order chi connectivity index (χ0) is 90.0. The number of piperidine rings is 1. The lowest BCUT2D eigenvalue weighted by Gasteiger charge is -2.39. The average molecular weight is 1760 g/mol. The van der Waals surface area contributed by atoms with Crippen LogP contribution in [0.1, 0.15) is 196 Å². The van der Waals surface area contributed by atoms with Gasteiger partial charge in [0.2, 0.25) is 35.4 Å². The fourth-order valence-corrected chi connectivity index (χ4v) is 16.0. The molecule has 672 valence electrons. The highest BCUT2D eigenvalue weighted by Crippen LogP contribution is 2.33. The summed E-state index contributed by atoms with van der Waals surface area (Å²) >= 11 is 1.04. The number of hydrogen-bond donors (Lipinski definition) is 15. The van der Waals surface area contributed by atoms with Gasteiger partial charge in [-0.15, -0.1) is 11.3 Å². The number of benzene rings is 3. The van der Waals surface area contributed by atoms with E-state index in [1.54, 1.807) is 87.5 Å². The number of carboxylic acids is 3. The van der Waals surface area contributed by atoms with Crippen molar-refractivity contribution in [2.24, 2.45) is 17.8 Å². The van der Waals surface area contributed by atoms with Gasteiger partial charge in [-0.1, -0.05) is 143 Å². The van der Waals surface area contributed by atoms with Crippen LogP contribution >= 0.6 is 32.9 Å². The van der Waals surface area contributed by atoms with E-state index in [-0.39, 0.29) is 104 Å². The van der Waals surface area contributed by atoms with E-state index >= 15 is 4.79 Å². The lowest BCUT2D eigenvalue weighted by Crippen LogP contribution is -2.59. The summed E-state index contributed by atoms with van der Waals surface area (Å²) in [6.45, 7) is 16.2. The number of hydrogen-bond acceptors (Lipinski definition) is 24. The summed E-state index contributed by atoms with van der Waals surface area (Å²) in [5, 5.41) is 64.1. The number of carbonyl (C=O) groups is 15. The number of nitrogens with one attached hydrogen (secondary N) is 11. The molecule has 39 heteroatoms. The zero-order valence-electron chi connectivity index (χ0n) is 70.8. The number of ether oxygens (including phenoxy) is 3. The minimum atomic E-state index is -1.58. The van der Waals surface area contributed by atoms with Gasteiger partial charge in [0.25, 0.3) is 5.91 Å². The van der Waals surface area contributed by atoms with Crippen LogP contribution in [0, 0.1) is 17.8 Å². The number of phenols is 1. The molecule has 2 heterocycles. The number of hydrazine groups is 1. The van der Waals surface area contributed by atoms with Crippen LogP contribution in [0.15, 0.2) is 84.2 Å². The van der Waals surface area contributed by atoms with Crippen LogP contribution in [-0.4, -0.2) is 224 Å². The number of amides is 12. The summed E-state index contributed by atoms with van der Waals surface area (Å²) in [4.78, 5) is 204. The standard InChI is InChI=1S/C83H120N14O22S3/c1-11-20-71(105)118-48-97(79(111)72(50(5)12-2)93-77(110)65-24-17-19-36-96(65)10)66(49(3)4)44-67(119-54(9)98)78-91-64(47-120-78)76(109)88-59(40-56-29-31-60(99)32-30-56)39-51(6)73(106)94-95-83(116)117-37-38-121-122-46-53(8)86-74(107)62(41-55-22-14-13-15-23-55)90-75(108)63(43-70(103)104)89-68(100)42-57-25-27-58(28-26-57)45-85-81(114)84-35-18-16-21-52(7)87-82(115)92-61(80(112)113)33-34-69(101)102/h13-15,22-23,25-32,47,49-53,59,61-63,65-67,72,99H,11-12,16-21,24,33-46,48H2,1-10H3,(H,86,107)(H,88,109)(H,89,100)(H,90,108)(H,93,110)(H,94,106)(H,95,116)(H,101,102)(H,103,104)(H,112,113)(H2,84,85,114)(H2,87,92,115)/t50-,51-,52+,53+,59+,61-,62-,63-,65+,66+,67+,72?/m0/s1. The summed E-state index contributed by atoms with van der Waals surface area (Å²) < 4.78 is 16.9. The van der Waals surface area contributed by atoms with Crippen molar-refractivity contribution in [1.29, 1.82) is 0 Å². The van der Waals surface area contributed by atoms with Crippen LogP contribution in [0.25, 0.3) is 0 Å². The van der Waals surface area contributed by atoms with Gasteiger partial charge in [0.05, 0.1) is 18.9 Å². The van der Waals surface area contributed by atoms with E-state index < -0.39 is 163 Å². The summed E-state index contributed by atoms with van der Waals surface area (Å²) in [6, 6.07) is 12.5. The Morgan fingerprint density at radius 1 is 0.656 bits per heavy atom. The van der Waals surface area contributed by atoms with Crippen LogP contribution < -0.4 is 58.7 Å². The van der Waals surface area contributed by atoms with Crippen LogP contribution in [0.3, 0.4) is 0 Å². The second kappa shape index (κ2) is 53.9. The lowest BCUT2D eigenvalue weighted by molar-refractivity contribution is -0.160. The van der Waals surface area contributed by atoms with E-state index in [9.17, 15) is 82.4 Å². The second-order valence-electron chi connectivity index (χ2n) is 30.6. The van der Waals surface area contributed by atoms with Crippen molar-refractivity contribution in [3.63, 3.8) is 0 Å². The molecule has 0 aliphatic carbocycles. The molecular formula is C83H120N14O22S3. The highest BCUT2D eigenvalue weighted by Gasteiger charge is 2.40. The van der Waals surface area contributed by atoms with Gasteiger partial charge < -0.3 is 87.4 Å². The average Bonchev–Trinajstić information content (AvgIpc) is 1.35. The molecule has 0 bridgehead atoms. The number of phenolic OH excluding ortho intramolecular Hbond substituents is 1. The monoisotopic (exact) mass is 1760 g/mol. The maximum absolute atomic E-state index is 15.0. The largest absolute Gasteiger partial charge is 0.508 e. The Kier molecular flexibility index (Phi) is 44.9. The Hall–Kier alpha value is -10.8. The third kappa shape index (κ3) is 38.1. The van der Waals surface area contributed by atoms with E-state index in [1.807, 2.05) is 46.6 Å². The fourth-order valence-electron chi connectivity index (χ4n) is 13.1. The van der Waals surface area contributed by atoms with Gasteiger partial charge >= 0.3 is 48.0 Å². The Bertz CT molecular complexity index is 4090. The molecule has 1 aliphatic heterocycles. The van der Waals surface area contributed by atoms with Gasteiger partial charge in [-0.2, -0.15) is 0 Å². The smallest absolute Gasteiger partial charge is 0.426 e. The molecule has 0 saturated carbocycles. The summed E-state index contributed by atoms with van der Waals surface area (Å²) in [6.07, 6.45) is 1.53. The molecule has 1 aliphatic rings. The number of likely N-dealkylation sites (tertiary alicyclic amines) is 1. The highest BCUT2D eigenvalue weighted by atomic mass is 33.1. The molecule has 36 nitrogen and oxygen atoms in total. The van der Waals surface area contributed by atoms with Crippen molar-refractivity contribution < 1.29 is 107 Å². The quantitative estimate of drug-likeness (QED) is 0.00532. The number of esters is 2. The maximum Gasteiger partial charge on any atom is 0.426 e. The molecule has 1 aromatic heterocycles. The maximum atomic E-state index is 15.0. The minimum absolute atomic E-state index is 0.00331. The number of unbranched alkanes of at least 4 members (excludes halogenated alkanes) is 1. The Morgan fingerprint density at radius 2 is 1.34 bits per heavy atom. The first-order chi connectivity index (χ1) is 58.0. The van der Waals surface area contributed by atoms with Gasteiger partial charge in [-0.05, 0) is 131 Å². The molecule has 1 unspecified atom stereocenters. The number of carbonyl (C=O) groups excluding carboxylic acids is 12. The third-order valence-electron chi connectivity index (χ3n) is 20.0. The molecule has 1 fully saturated rings. The normalized spacial score (nSPS) is 15.3. The second-order valence-corrected chi connectivity index (χ2v) is 34.2. The Morgan fingerprint density at radius 3 is 1.98 bits per heavy atom. The Labute approximate surface area is 722 Å². The number of aromatic nitrogens is 1. The van der Waals surface area contributed by atoms with Crippen LogP contribution in [-0.2, 0) is 92.8 Å². The van der Waals surface area contributed by atoms with Crippen molar-refractivity contribution in [2.75, 3.05) is 45.0 Å². The van der Waals surface area contributed by atoms with E-state index in [1.165, 1.54) is 50.9 Å². The van der Waals surface area contributed by atoms with Crippen molar-refractivity contribution in [3.8, 4) is 5.75 Å². The first-order valence-electron chi connectivity index (χ1n) is 40.9. The van der Waals surface area contributed by atoms with Gasteiger partial charge in [0.1, 0.15) is 47.2 Å². The summed E-state index contributed by atoms with van der Waals surface area (Å²) in [7, 11) is 4.53. The molecule has 3 aromatic carbocycles. The number of aromatic hydroxyl groups is 1. The van der Waals surface area contributed by atoms with Crippen molar-refractivity contribution in [3.05, 3.63) is 117 Å². The molecule has 122 heavy (non-hydrogen) atoms. The lowest BCUT2D eigenvalue weighted by atomic mass is 9.92. The molecule has 12 amide bonds. The number of thiazole rings is 1. The number of carboxylic acid groups (broad SMARTS) is 3. The van der Waals surface area contributed by atoms with Gasteiger partial charge in [-0.3, -0.25) is 63.1 Å². The molecule has 15 N–H and O–H groups in total. The number of aliphatic carboxylic acids is 3. The van der Waals surface area contributed by atoms with E-state index in [4.69, 9.17) is 19.3 Å². The van der Waals surface area contributed by atoms with Gasteiger partial charge in [-0.25, -0.2) is 29.6 Å². The fraction of sp³-hybridized carbons (Fsp3) is 0.566. The van der Waals surface area contributed by atoms with Crippen LogP contribution in [0.4, 0.5) is 14.4 Å². The van der Waals surface area contributed by atoms with Gasteiger partial charge in [0.15, 0.2) is 12.8 Å². The topological polar surface area (TPSA) is 516 Å². The van der Waals surface area contributed by atoms with E-state index in [0.717, 1.165) is 30.7 Å². The molecule has 12 atom stereocenters. The molecule has 4 aromatic rings. The number of likely N-dealkylation sites (N-methyl/N-ethyl adjacent to an activating group) is 1. The summed E-state index contributed by atoms with van der Waals surface area (Å²) in [5.41, 5.74) is 7.10. The number of rotatable bonds is 52. The number of nitrogens with zero attached hydrogens (tertiary/aromatic N) is 3. The predicted molar refractivity (Wildman–Crippen MR) is 456 cm³/mol. The SMILES string of the molecule is CCCC(=O)OCN(C(=O)C(NC(=O)[C@H]1CCCCN1C)[C@@H](C)CC)[C@H](C[C@@H](OC(C)=O)c1nc(C(=O)N[C@@H](Cc2ccc(O)cc2)C[C@H](C)C(=O)NNC(=O)OCCSSC[C@@H](C)NC(=O)[C@H](Cc2ccccc2)NC(=O)[C@H](CC(=O)O)NC(=O)Cc2ccc(CNC(=O)NCCCC[C@@H](C)NC(=O)N[C@@H](CCC(=O)O)C(=O)O)cc2)cs1)C(C)C. The van der Waals surface area contributed by atoms with Crippen LogP contribution in [0.2, 0.25) is 0 Å².